The van der Waals surface area contributed by atoms with Gasteiger partial charge in [0, 0.05) is 5.56 Å². The van der Waals surface area contributed by atoms with Crippen LogP contribution in [0, 0.1) is 0 Å². The minimum atomic E-state index is -1.13. The van der Waals surface area contributed by atoms with Crippen molar-refractivity contribution in [1.82, 2.24) is 20.6 Å². The Labute approximate surface area is 145 Å². The third-order valence-electron chi connectivity index (χ3n) is 3.10. The highest BCUT2D eigenvalue weighted by Gasteiger charge is 2.12. The predicted octanol–water partition coefficient (Wildman–Crippen LogP) is 2.18. The smallest absolute Gasteiger partial charge is 0.337 e. The van der Waals surface area contributed by atoms with Gasteiger partial charge < -0.3 is 9.52 Å². The number of carbonyl (C=O) groups excluding carboxylic acids is 1. The van der Waals surface area contributed by atoms with E-state index in [1.54, 1.807) is 18.2 Å². The Morgan fingerprint density at radius 3 is 2.88 bits per heavy atom. The predicted molar refractivity (Wildman–Crippen MR) is 87.6 cm³/mol. The van der Waals surface area contributed by atoms with E-state index in [4.69, 9.17) is 21.1 Å². The number of carboxylic acids is 1. The fourth-order valence-electron chi connectivity index (χ4n) is 1.94. The number of halogens is 1. The minimum absolute atomic E-state index is 0.0231. The maximum Gasteiger partial charge on any atom is 0.337 e. The molecule has 0 atom stereocenters. The number of hydrogen-bond donors (Lipinski definition) is 3. The van der Waals surface area contributed by atoms with Gasteiger partial charge >= 0.3 is 11.9 Å². The summed E-state index contributed by atoms with van der Waals surface area (Å²) in [6.07, 6.45) is 2.50. The third-order valence-corrected chi connectivity index (χ3v) is 3.43. The number of rotatable bonds is 5. The number of nitrogens with one attached hydrogen (secondary N) is 2. The van der Waals surface area contributed by atoms with Crippen molar-refractivity contribution >= 4 is 29.7 Å². The van der Waals surface area contributed by atoms with E-state index in [0.717, 1.165) is 0 Å². The first-order valence-electron chi connectivity index (χ1n) is 6.86. The number of amides is 1. The summed E-state index contributed by atoms with van der Waals surface area (Å²) >= 11 is 5.84. The number of aromatic carboxylic acids is 1. The summed E-state index contributed by atoms with van der Waals surface area (Å²) in [4.78, 5) is 26.4. The Balaban J connectivity index is 1.72. The minimum Gasteiger partial charge on any atom is -0.478 e. The third kappa shape index (κ3) is 3.72. The fraction of sp³-hybridized carbons (Fsp3) is 0. The van der Waals surface area contributed by atoms with Crippen molar-refractivity contribution in [1.29, 1.82) is 0 Å². The van der Waals surface area contributed by atoms with E-state index in [1.165, 1.54) is 24.7 Å². The molecule has 0 fully saturated rings. The number of H-pyrrole nitrogens is 1. The largest absolute Gasteiger partial charge is 0.478 e. The topological polar surface area (TPSA) is 133 Å². The second-order valence-electron chi connectivity index (χ2n) is 4.73. The Morgan fingerprint density at radius 1 is 1.32 bits per heavy atom. The average Bonchev–Trinajstić information content (AvgIpc) is 3.27. The molecule has 0 radical (unpaired) electrons. The van der Waals surface area contributed by atoms with Crippen LogP contribution in [0.15, 0.2) is 46.2 Å². The molecule has 0 bridgehead atoms. The van der Waals surface area contributed by atoms with E-state index in [-0.39, 0.29) is 16.4 Å². The average molecular weight is 360 g/mol. The molecule has 0 aliphatic rings. The number of hydrazone groups is 1. The summed E-state index contributed by atoms with van der Waals surface area (Å²) in [6, 6.07) is 7.80. The molecule has 0 saturated carbocycles. The van der Waals surface area contributed by atoms with E-state index in [0.29, 0.717) is 17.1 Å². The first-order valence-corrected chi connectivity index (χ1v) is 7.24. The molecule has 3 aromatic rings. The molecule has 25 heavy (non-hydrogen) atoms. The Kier molecular flexibility index (Phi) is 4.57. The molecule has 3 rings (SSSR count). The highest BCUT2D eigenvalue weighted by Crippen LogP contribution is 2.26. The molecular formula is C15H10ClN5O4. The lowest BCUT2D eigenvalue weighted by molar-refractivity contribution is 0.0697. The first-order chi connectivity index (χ1) is 12.0. The number of carboxylic acid groups (broad SMARTS) is 1. The summed E-state index contributed by atoms with van der Waals surface area (Å²) in [5.74, 6) is -0.860. The molecule has 10 heteroatoms. The van der Waals surface area contributed by atoms with Crippen LogP contribution in [0.1, 0.15) is 26.7 Å². The van der Waals surface area contributed by atoms with Crippen molar-refractivity contribution in [2.45, 2.75) is 0 Å². The maximum absolute atomic E-state index is 11.6. The maximum atomic E-state index is 11.6. The van der Waals surface area contributed by atoms with E-state index in [1.807, 2.05) is 0 Å². The zero-order valence-corrected chi connectivity index (χ0v) is 13.2. The van der Waals surface area contributed by atoms with Gasteiger partial charge in [-0.3, -0.25) is 9.89 Å². The second kappa shape index (κ2) is 6.97. The number of aromatic amines is 1. The van der Waals surface area contributed by atoms with Gasteiger partial charge in [0.1, 0.15) is 17.8 Å². The first kappa shape index (κ1) is 16.4. The van der Waals surface area contributed by atoms with Crippen molar-refractivity contribution in [3.05, 3.63) is 58.8 Å². The Bertz CT molecular complexity index is 949. The van der Waals surface area contributed by atoms with Crippen LogP contribution in [0.5, 0.6) is 0 Å². The number of aromatic nitrogens is 3. The van der Waals surface area contributed by atoms with E-state index < -0.39 is 11.9 Å². The summed E-state index contributed by atoms with van der Waals surface area (Å²) < 4.78 is 5.54. The van der Waals surface area contributed by atoms with Gasteiger partial charge in [-0.1, -0.05) is 11.6 Å². The molecule has 2 heterocycles. The van der Waals surface area contributed by atoms with Gasteiger partial charge in [-0.2, -0.15) is 10.2 Å². The summed E-state index contributed by atoms with van der Waals surface area (Å²) in [5, 5.41) is 18.9. The van der Waals surface area contributed by atoms with Gasteiger partial charge in [0.25, 0.3) is 0 Å². The molecule has 0 saturated heterocycles. The van der Waals surface area contributed by atoms with E-state index >= 15 is 0 Å². The number of hydrogen-bond acceptors (Lipinski definition) is 6. The van der Waals surface area contributed by atoms with Crippen LogP contribution in [0.25, 0.3) is 11.3 Å². The standard InChI is InChI=1S/C15H10ClN5O4/c16-11-3-1-8(5-10(11)15(23)24)12-4-2-9(25-12)6-18-21-14(22)13-17-7-19-20-13/h1-7H,(H,21,22)(H,23,24)(H,17,19,20)/b18-6+. The number of furan rings is 1. The Hall–Kier alpha value is -3.46. The van der Waals surface area contributed by atoms with Crippen molar-refractivity contribution in [3.63, 3.8) is 0 Å². The summed E-state index contributed by atoms with van der Waals surface area (Å²) in [5.41, 5.74) is 2.78. The highest BCUT2D eigenvalue weighted by atomic mass is 35.5. The van der Waals surface area contributed by atoms with Crippen LogP contribution in [0.3, 0.4) is 0 Å². The highest BCUT2D eigenvalue weighted by molar-refractivity contribution is 6.33. The van der Waals surface area contributed by atoms with Gasteiger partial charge in [-0.25, -0.2) is 15.2 Å². The molecule has 0 unspecified atom stereocenters. The van der Waals surface area contributed by atoms with Gasteiger partial charge in [0.2, 0.25) is 5.82 Å². The molecular weight excluding hydrogens is 350 g/mol. The lowest BCUT2D eigenvalue weighted by atomic mass is 10.1. The van der Waals surface area contributed by atoms with Crippen molar-refractivity contribution in [2.75, 3.05) is 0 Å². The lowest BCUT2D eigenvalue weighted by Crippen LogP contribution is -2.19. The zero-order valence-electron chi connectivity index (χ0n) is 12.4. The molecule has 2 aromatic heterocycles. The SMILES string of the molecule is O=C(N/N=C/c1ccc(-c2ccc(Cl)c(C(=O)O)c2)o1)c1ncn[nH]1. The van der Waals surface area contributed by atoms with Crippen LogP contribution in [0.4, 0.5) is 0 Å². The van der Waals surface area contributed by atoms with Crippen LogP contribution < -0.4 is 5.43 Å². The van der Waals surface area contributed by atoms with E-state index in [9.17, 15) is 9.59 Å². The lowest BCUT2D eigenvalue weighted by Gasteiger charge is -2.01. The molecule has 126 valence electrons. The van der Waals surface area contributed by atoms with Crippen LogP contribution in [-0.4, -0.2) is 38.4 Å². The van der Waals surface area contributed by atoms with Crippen LogP contribution >= 0.6 is 11.6 Å². The second-order valence-corrected chi connectivity index (χ2v) is 5.14. The number of carbonyl (C=O) groups is 2. The van der Waals surface area contributed by atoms with Crippen molar-refractivity contribution in [2.24, 2.45) is 5.10 Å². The fourth-order valence-corrected chi connectivity index (χ4v) is 2.14. The summed E-state index contributed by atoms with van der Waals surface area (Å²) in [7, 11) is 0. The number of nitrogens with zero attached hydrogens (tertiary/aromatic N) is 3. The molecule has 0 aliphatic carbocycles. The number of benzene rings is 1. The molecule has 1 aromatic carbocycles. The molecule has 1 amide bonds. The Morgan fingerprint density at radius 2 is 2.16 bits per heavy atom. The van der Waals surface area contributed by atoms with Crippen molar-refractivity contribution in [3.8, 4) is 11.3 Å². The molecule has 9 nitrogen and oxygen atoms in total. The monoisotopic (exact) mass is 359 g/mol. The van der Waals surface area contributed by atoms with Crippen molar-refractivity contribution < 1.29 is 19.1 Å². The van der Waals surface area contributed by atoms with Gasteiger partial charge in [-0.05, 0) is 30.3 Å². The zero-order chi connectivity index (χ0) is 17.8. The molecule has 0 spiro atoms. The molecule has 0 aliphatic heterocycles. The van der Waals surface area contributed by atoms with Gasteiger partial charge in [0.15, 0.2) is 0 Å². The van der Waals surface area contributed by atoms with E-state index in [2.05, 4.69) is 25.7 Å². The normalized spacial score (nSPS) is 10.9. The molecule has 3 N–H and O–H groups in total. The summed E-state index contributed by atoms with van der Waals surface area (Å²) in [6.45, 7) is 0. The van der Waals surface area contributed by atoms with Gasteiger partial charge in [-0.15, -0.1) is 0 Å². The quantitative estimate of drug-likeness (QED) is 0.472. The van der Waals surface area contributed by atoms with Crippen LogP contribution in [-0.2, 0) is 0 Å². The van der Waals surface area contributed by atoms with Crippen LogP contribution in [0.2, 0.25) is 5.02 Å². The van der Waals surface area contributed by atoms with Gasteiger partial charge in [0.05, 0.1) is 16.8 Å².